The van der Waals surface area contributed by atoms with E-state index in [-0.39, 0.29) is 11.9 Å². The summed E-state index contributed by atoms with van der Waals surface area (Å²) in [5.41, 5.74) is 2.88. The Bertz CT molecular complexity index is 956. The third kappa shape index (κ3) is 4.46. The first kappa shape index (κ1) is 21.0. The topological polar surface area (TPSA) is 99.7 Å². The largest absolute Gasteiger partial charge is 0.378 e. The molecule has 9 nitrogen and oxygen atoms in total. The van der Waals surface area contributed by atoms with Crippen LogP contribution in [0.15, 0.2) is 24.3 Å². The molecule has 0 saturated carbocycles. The fraction of sp³-hybridized carbons (Fsp3) is 0.455. The zero-order chi connectivity index (χ0) is 21.8. The SMILES string of the molecule is CCNC(=O)Nc1ccc(-c2nc3c(c(N4CCOCC4)n2)CCN(CC)C3=O)cc1. The van der Waals surface area contributed by atoms with Crippen molar-refractivity contribution in [2.24, 2.45) is 0 Å². The number of amides is 3. The second-order valence-electron chi connectivity index (χ2n) is 7.49. The van der Waals surface area contributed by atoms with Gasteiger partial charge < -0.3 is 25.2 Å². The summed E-state index contributed by atoms with van der Waals surface area (Å²) in [7, 11) is 0. The van der Waals surface area contributed by atoms with E-state index in [1.54, 1.807) is 0 Å². The van der Waals surface area contributed by atoms with Gasteiger partial charge in [-0.15, -0.1) is 0 Å². The molecular formula is C22H28N6O3. The van der Waals surface area contributed by atoms with E-state index < -0.39 is 0 Å². The van der Waals surface area contributed by atoms with Crippen molar-refractivity contribution in [3.63, 3.8) is 0 Å². The highest BCUT2D eigenvalue weighted by atomic mass is 16.5. The first-order valence-corrected chi connectivity index (χ1v) is 10.8. The van der Waals surface area contributed by atoms with E-state index in [1.165, 1.54) is 0 Å². The normalized spacial score (nSPS) is 16.1. The van der Waals surface area contributed by atoms with Gasteiger partial charge >= 0.3 is 6.03 Å². The number of benzene rings is 1. The van der Waals surface area contributed by atoms with Gasteiger partial charge in [0, 0.05) is 49.5 Å². The first-order valence-electron chi connectivity index (χ1n) is 10.8. The minimum Gasteiger partial charge on any atom is -0.378 e. The molecule has 0 unspecified atom stereocenters. The maximum Gasteiger partial charge on any atom is 0.319 e. The average Bonchev–Trinajstić information content (AvgIpc) is 2.80. The van der Waals surface area contributed by atoms with E-state index in [0.29, 0.717) is 50.1 Å². The summed E-state index contributed by atoms with van der Waals surface area (Å²) in [6, 6.07) is 7.08. The van der Waals surface area contributed by atoms with Gasteiger partial charge in [0.1, 0.15) is 11.5 Å². The Kier molecular flexibility index (Phi) is 6.31. The third-order valence-corrected chi connectivity index (χ3v) is 5.54. The number of fused-ring (bicyclic) bond motifs is 1. The van der Waals surface area contributed by atoms with Crippen molar-refractivity contribution in [2.45, 2.75) is 20.3 Å². The van der Waals surface area contributed by atoms with E-state index in [1.807, 2.05) is 43.0 Å². The number of hydrogen-bond donors (Lipinski definition) is 2. The van der Waals surface area contributed by atoms with Crippen molar-refractivity contribution in [3.8, 4) is 11.4 Å². The Hall–Kier alpha value is -3.20. The molecule has 0 radical (unpaired) electrons. The lowest BCUT2D eigenvalue weighted by Gasteiger charge is -2.33. The highest BCUT2D eigenvalue weighted by Crippen LogP contribution is 2.30. The molecule has 3 amide bonds. The zero-order valence-electron chi connectivity index (χ0n) is 18.0. The van der Waals surface area contributed by atoms with Gasteiger partial charge in [-0.2, -0.15) is 0 Å². The number of nitrogens with one attached hydrogen (secondary N) is 2. The second kappa shape index (κ2) is 9.30. The van der Waals surface area contributed by atoms with Crippen LogP contribution in [0.3, 0.4) is 0 Å². The second-order valence-corrected chi connectivity index (χ2v) is 7.49. The molecule has 0 atom stereocenters. The van der Waals surface area contributed by atoms with Crippen LogP contribution in [0.1, 0.15) is 29.9 Å². The standard InChI is InChI=1S/C22H28N6O3/c1-3-23-22(30)24-16-7-5-15(6-8-16)19-25-18-17(9-10-27(4-2)21(18)29)20(26-19)28-11-13-31-14-12-28/h5-8H,3-4,9-14H2,1-2H3,(H2,23,24,30). The summed E-state index contributed by atoms with van der Waals surface area (Å²) in [6.07, 6.45) is 0.747. The first-order chi connectivity index (χ1) is 15.1. The van der Waals surface area contributed by atoms with E-state index in [9.17, 15) is 9.59 Å². The fourth-order valence-corrected chi connectivity index (χ4v) is 3.88. The molecule has 0 aliphatic carbocycles. The molecular weight excluding hydrogens is 396 g/mol. The summed E-state index contributed by atoms with van der Waals surface area (Å²) < 4.78 is 5.50. The van der Waals surface area contributed by atoms with Gasteiger partial charge in [0.25, 0.3) is 5.91 Å². The zero-order valence-corrected chi connectivity index (χ0v) is 18.0. The van der Waals surface area contributed by atoms with Gasteiger partial charge in [-0.1, -0.05) is 0 Å². The van der Waals surface area contributed by atoms with Gasteiger partial charge in [0.2, 0.25) is 0 Å². The number of carbonyl (C=O) groups excluding carboxylic acids is 2. The van der Waals surface area contributed by atoms with E-state index in [0.717, 1.165) is 36.5 Å². The van der Waals surface area contributed by atoms with Crippen LogP contribution in [0.25, 0.3) is 11.4 Å². The third-order valence-electron chi connectivity index (χ3n) is 5.54. The predicted molar refractivity (Wildman–Crippen MR) is 118 cm³/mol. The van der Waals surface area contributed by atoms with Crippen LogP contribution in [0.2, 0.25) is 0 Å². The van der Waals surface area contributed by atoms with Gasteiger partial charge in [0.05, 0.1) is 13.2 Å². The molecule has 2 N–H and O–H groups in total. The molecule has 0 spiro atoms. The number of hydrogen-bond acceptors (Lipinski definition) is 6. The summed E-state index contributed by atoms with van der Waals surface area (Å²) in [6.45, 7) is 8.51. The summed E-state index contributed by atoms with van der Waals surface area (Å²) >= 11 is 0. The maximum atomic E-state index is 13.0. The molecule has 1 fully saturated rings. The van der Waals surface area contributed by atoms with Crippen molar-refractivity contribution >= 4 is 23.4 Å². The molecule has 3 heterocycles. The predicted octanol–water partition coefficient (Wildman–Crippen LogP) is 2.14. The molecule has 2 aliphatic rings. The molecule has 1 aromatic carbocycles. The van der Waals surface area contributed by atoms with Crippen molar-refractivity contribution < 1.29 is 14.3 Å². The molecule has 4 rings (SSSR count). The number of rotatable bonds is 5. The average molecular weight is 425 g/mol. The molecule has 31 heavy (non-hydrogen) atoms. The van der Waals surface area contributed by atoms with Crippen LogP contribution in [0, 0.1) is 0 Å². The quantitative estimate of drug-likeness (QED) is 0.763. The highest BCUT2D eigenvalue weighted by Gasteiger charge is 2.31. The van der Waals surface area contributed by atoms with Crippen LogP contribution in [0.4, 0.5) is 16.3 Å². The van der Waals surface area contributed by atoms with Crippen LogP contribution in [-0.2, 0) is 11.2 Å². The lowest BCUT2D eigenvalue weighted by molar-refractivity contribution is 0.0741. The number of anilines is 2. The van der Waals surface area contributed by atoms with Crippen molar-refractivity contribution in [1.82, 2.24) is 20.2 Å². The van der Waals surface area contributed by atoms with E-state index >= 15 is 0 Å². The number of aromatic nitrogens is 2. The van der Waals surface area contributed by atoms with Gasteiger partial charge in [-0.25, -0.2) is 14.8 Å². The Balaban J connectivity index is 1.70. The van der Waals surface area contributed by atoms with Crippen LogP contribution in [0.5, 0.6) is 0 Å². The van der Waals surface area contributed by atoms with Crippen molar-refractivity contribution in [1.29, 1.82) is 0 Å². The van der Waals surface area contributed by atoms with Gasteiger partial charge in [-0.05, 0) is 44.5 Å². The Labute approximate surface area is 181 Å². The number of nitrogens with zero attached hydrogens (tertiary/aromatic N) is 4. The minimum absolute atomic E-state index is 0.0450. The lowest BCUT2D eigenvalue weighted by atomic mass is 10.0. The van der Waals surface area contributed by atoms with Crippen LogP contribution in [-0.4, -0.2) is 72.7 Å². The molecule has 2 aromatic rings. The van der Waals surface area contributed by atoms with Crippen molar-refractivity contribution in [3.05, 3.63) is 35.5 Å². The van der Waals surface area contributed by atoms with Gasteiger partial charge in [0.15, 0.2) is 5.82 Å². The monoisotopic (exact) mass is 424 g/mol. The minimum atomic E-state index is -0.250. The smallest absolute Gasteiger partial charge is 0.319 e. The van der Waals surface area contributed by atoms with Crippen molar-refractivity contribution in [2.75, 3.05) is 56.2 Å². The molecule has 164 valence electrons. The molecule has 9 heteroatoms. The summed E-state index contributed by atoms with van der Waals surface area (Å²) in [5.74, 6) is 1.30. The fourth-order valence-electron chi connectivity index (χ4n) is 3.88. The number of morpholine rings is 1. The van der Waals surface area contributed by atoms with E-state index in [4.69, 9.17) is 9.72 Å². The highest BCUT2D eigenvalue weighted by molar-refractivity contribution is 5.96. The van der Waals surface area contributed by atoms with Gasteiger partial charge in [-0.3, -0.25) is 4.79 Å². The number of carbonyl (C=O) groups is 2. The number of ether oxygens (including phenoxy) is 1. The van der Waals surface area contributed by atoms with Crippen LogP contribution < -0.4 is 15.5 Å². The maximum absolute atomic E-state index is 13.0. The summed E-state index contributed by atoms with van der Waals surface area (Å²) in [5, 5.41) is 5.48. The molecule has 1 saturated heterocycles. The molecule has 0 bridgehead atoms. The van der Waals surface area contributed by atoms with E-state index in [2.05, 4.69) is 20.5 Å². The Morgan fingerprint density at radius 2 is 1.84 bits per heavy atom. The molecule has 2 aliphatic heterocycles. The molecule has 1 aromatic heterocycles. The number of urea groups is 1. The van der Waals surface area contributed by atoms with Crippen LogP contribution >= 0.6 is 0 Å². The lowest BCUT2D eigenvalue weighted by Crippen LogP contribution is -2.42. The number of likely N-dealkylation sites (N-methyl/N-ethyl adjacent to an activating group) is 1. The Morgan fingerprint density at radius 1 is 1.10 bits per heavy atom. The Morgan fingerprint density at radius 3 is 2.52 bits per heavy atom. The summed E-state index contributed by atoms with van der Waals surface area (Å²) in [4.78, 5) is 38.3.